The number of carbonyl (C=O) groups is 1. The lowest BCUT2D eigenvalue weighted by atomic mass is 10.0. The monoisotopic (exact) mass is 269 g/mol. The van der Waals surface area contributed by atoms with Crippen molar-refractivity contribution in [2.75, 3.05) is 18.1 Å². The van der Waals surface area contributed by atoms with E-state index in [0.717, 1.165) is 0 Å². The topological polar surface area (TPSA) is 132 Å². The molecule has 19 heavy (non-hydrogen) atoms. The summed E-state index contributed by atoms with van der Waals surface area (Å²) in [5.74, 6) is -0.420. The van der Waals surface area contributed by atoms with Gasteiger partial charge in [-0.2, -0.15) is 0 Å². The lowest BCUT2D eigenvalue weighted by molar-refractivity contribution is -0.147. The standard InChI is InChI=1S/C12H19N3O4/c1-3-19-10(17)5-9(16)11(18)7-4-8(13)12(14)15-6(7)2/h4,9,11,16,18H,3,5,13H2,1-2H3,(H2,14,15). The highest BCUT2D eigenvalue weighted by molar-refractivity contribution is 5.70. The molecule has 0 aliphatic carbocycles. The highest BCUT2D eigenvalue weighted by atomic mass is 16.5. The fourth-order valence-corrected chi connectivity index (χ4v) is 1.66. The van der Waals surface area contributed by atoms with E-state index in [-0.39, 0.29) is 24.5 Å². The van der Waals surface area contributed by atoms with Gasteiger partial charge in [0.2, 0.25) is 0 Å². The molecular formula is C12H19N3O4. The van der Waals surface area contributed by atoms with Crippen LogP contribution in [0.2, 0.25) is 0 Å². The summed E-state index contributed by atoms with van der Waals surface area (Å²) in [5, 5.41) is 19.8. The summed E-state index contributed by atoms with van der Waals surface area (Å²) in [7, 11) is 0. The molecule has 1 heterocycles. The number of aliphatic hydroxyl groups is 2. The van der Waals surface area contributed by atoms with Crippen LogP contribution in [-0.4, -0.2) is 33.9 Å². The SMILES string of the molecule is CCOC(=O)CC(O)C(O)c1cc(N)c(N)nc1C. The van der Waals surface area contributed by atoms with Gasteiger partial charge in [-0.25, -0.2) is 4.98 Å². The summed E-state index contributed by atoms with van der Waals surface area (Å²) in [5.41, 5.74) is 12.1. The van der Waals surface area contributed by atoms with E-state index >= 15 is 0 Å². The molecule has 7 heteroatoms. The number of aliphatic hydroxyl groups excluding tert-OH is 2. The van der Waals surface area contributed by atoms with Gasteiger partial charge in [-0.3, -0.25) is 4.79 Å². The second kappa shape index (κ2) is 6.35. The zero-order chi connectivity index (χ0) is 14.6. The van der Waals surface area contributed by atoms with E-state index in [1.807, 2.05) is 0 Å². The van der Waals surface area contributed by atoms with Gasteiger partial charge in [-0.15, -0.1) is 0 Å². The number of nitrogen functional groups attached to an aromatic ring is 2. The molecule has 0 aliphatic heterocycles. The Bertz CT molecular complexity index is 465. The number of aryl methyl sites for hydroxylation is 1. The molecule has 6 N–H and O–H groups in total. The molecule has 106 valence electrons. The number of esters is 1. The van der Waals surface area contributed by atoms with Crippen LogP contribution in [0.5, 0.6) is 0 Å². The number of rotatable bonds is 5. The van der Waals surface area contributed by atoms with E-state index in [2.05, 4.69) is 4.98 Å². The maximum Gasteiger partial charge on any atom is 0.308 e. The first-order valence-electron chi connectivity index (χ1n) is 5.91. The van der Waals surface area contributed by atoms with Crippen LogP contribution >= 0.6 is 0 Å². The number of nitrogens with zero attached hydrogens (tertiary/aromatic N) is 1. The molecule has 2 unspecified atom stereocenters. The number of aromatic nitrogens is 1. The van der Waals surface area contributed by atoms with Crippen molar-refractivity contribution < 1.29 is 19.7 Å². The summed E-state index contributed by atoms with van der Waals surface area (Å²) < 4.78 is 4.70. The van der Waals surface area contributed by atoms with Crippen LogP contribution in [0.25, 0.3) is 0 Å². The van der Waals surface area contributed by atoms with Crippen molar-refractivity contribution in [3.63, 3.8) is 0 Å². The molecule has 1 aromatic heterocycles. The maximum absolute atomic E-state index is 11.2. The van der Waals surface area contributed by atoms with E-state index in [0.29, 0.717) is 11.3 Å². The van der Waals surface area contributed by atoms with Crippen LogP contribution in [-0.2, 0) is 9.53 Å². The third kappa shape index (κ3) is 3.80. The van der Waals surface area contributed by atoms with Gasteiger partial charge in [0, 0.05) is 11.3 Å². The van der Waals surface area contributed by atoms with Crippen LogP contribution < -0.4 is 11.5 Å². The third-order valence-corrected chi connectivity index (χ3v) is 2.68. The number of hydrogen-bond acceptors (Lipinski definition) is 7. The number of nitrogens with two attached hydrogens (primary N) is 2. The number of carbonyl (C=O) groups excluding carboxylic acids is 1. The number of pyridine rings is 1. The lowest BCUT2D eigenvalue weighted by Gasteiger charge is -2.19. The molecule has 0 amide bonds. The van der Waals surface area contributed by atoms with E-state index in [4.69, 9.17) is 16.2 Å². The Hall–Kier alpha value is -1.86. The second-order valence-corrected chi connectivity index (χ2v) is 4.16. The molecule has 2 atom stereocenters. The molecule has 1 rings (SSSR count). The fourth-order valence-electron chi connectivity index (χ4n) is 1.66. The zero-order valence-corrected chi connectivity index (χ0v) is 11.0. The first-order valence-corrected chi connectivity index (χ1v) is 5.91. The Labute approximate surface area is 111 Å². The number of hydrogen-bond donors (Lipinski definition) is 4. The predicted molar refractivity (Wildman–Crippen MR) is 70.0 cm³/mol. The van der Waals surface area contributed by atoms with Crippen molar-refractivity contribution in [2.24, 2.45) is 0 Å². The molecule has 0 fully saturated rings. The van der Waals surface area contributed by atoms with E-state index in [9.17, 15) is 15.0 Å². The van der Waals surface area contributed by atoms with Crippen molar-refractivity contribution >= 4 is 17.5 Å². The molecule has 0 bridgehead atoms. The molecule has 0 radical (unpaired) electrons. The molecule has 0 saturated heterocycles. The van der Waals surface area contributed by atoms with Crippen LogP contribution in [0.1, 0.15) is 30.7 Å². The quantitative estimate of drug-likeness (QED) is 0.549. The van der Waals surface area contributed by atoms with Crippen molar-refractivity contribution in [2.45, 2.75) is 32.5 Å². The van der Waals surface area contributed by atoms with Crippen molar-refractivity contribution in [3.8, 4) is 0 Å². The molecule has 0 spiro atoms. The van der Waals surface area contributed by atoms with E-state index in [1.54, 1.807) is 13.8 Å². The summed E-state index contributed by atoms with van der Waals surface area (Å²) in [6.45, 7) is 3.51. The first-order chi connectivity index (χ1) is 8.86. The van der Waals surface area contributed by atoms with Crippen LogP contribution in [0.3, 0.4) is 0 Å². The molecular weight excluding hydrogens is 250 g/mol. The minimum absolute atomic E-state index is 0.160. The zero-order valence-electron chi connectivity index (χ0n) is 11.0. The Morgan fingerprint density at radius 2 is 2.11 bits per heavy atom. The highest BCUT2D eigenvalue weighted by Crippen LogP contribution is 2.26. The van der Waals surface area contributed by atoms with Crippen molar-refractivity contribution in [1.82, 2.24) is 4.98 Å². The summed E-state index contributed by atoms with van der Waals surface area (Å²) in [6.07, 6.45) is -2.87. The number of ether oxygens (including phenoxy) is 1. The van der Waals surface area contributed by atoms with Gasteiger partial charge >= 0.3 is 5.97 Å². The van der Waals surface area contributed by atoms with E-state index in [1.165, 1.54) is 6.07 Å². The highest BCUT2D eigenvalue weighted by Gasteiger charge is 2.24. The molecule has 0 aromatic carbocycles. The Morgan fingerprint density at radius 3 is 2.68 bits per heavy atom. The van der Waals surface area contributed by atoms with Crippen LogP contribution in [0.15, 0.2) is 6.07 Å². The van der Waals surface area contributed by atoms with Crippen molar-refractivity contribution in [3.05, 3.63) is 17.3 Å². The largest absolute Gasteiger partial charge is 0.466 e. The Kier molecular flexibility index (Phi) is 5.08. The first kappa shape index (κ1) is 15.2. The fraction of sp³-hybridized carbons (Fsp3) is 0.500. The smallest absolute Gasteiger partial charge is 0.308 e. The van der Waals surface area contributed by atoms with Gasteiger partial charge in [-0.1, -0.05) is 0 Å². The van der Waals surface area contributed by atoms with E-state index < -0.39 is 18.2 Å². The van der Waals surface area contributed by atoms with Gasteiger partial charge < -0.3 is 26.4 Å². The normalized spacial score (nSPS) is 13.9. The Balaban J connectivity index is 2.85. The second-order valence-electron chi connectivity index (χ2n) is 4.16. The average molecular weight is 269 g/mol. The van der Waals surface area contributed by atoms with Gasteiger partial charge in [0.25, 0.3) is 0 Å². The summed E-state index contributed by atoms with van der Waals surface area (Å²) in [6, 6.07) is 1.44. The maximum atomic E-state index is 11.2. The minimum atomic E-state index is -1.29. The number of anilines is 2. The van der Waals surface area contributed by atoms with Gasteiger partial charge in [0.05, 0.1) is 24.8 Å². The summed E-state index contributed by atoms with van der Waals surface area (Å²) in [4.78, 5) is 15.2. The van der Waals surface area contributed by atoms with Gasteiger partial charge in [0.1, 0.15) is 11.9 Å². The lowest BCUT2D eigenvalue weighted by Crippen LogP contribution is -2.24. The van der Waals surface area contributed by atoms with Crippen molar-refractivity contribution in [1.29, 1.82) is 0 Å². The summed E-state index contributed by atoms with van der Waals surface area (Å²) >= 11 is 0. The predicted octanol–water partition coefficient (Wildman–Crippen LogP) is -0.0981. The molecule has 7 nitrogen and oxygen atoms in total. The van der Waals surface area contributed by atoms with Crippen LogP contribution in [0.4, 0.5) is 11.5 Å². The van der Waals surface area contributed by atoms with Crippen LogP contribution in [0, 0.1) is 6.92 Å². The molecule has 1 aromatic rings. The minimum Gasteiger partial charge on any atom is -0.466 e. The Morgan fingerprint density at radius 1 is 1.47 bits per heavy atom. The molecule has 0 saturated carbocycles. The average Bonchev–Trinajstić information content (AvgIpc) is 2.33. The van der Waals surface area contributed by atoms with Gasteiger partial charge in [-0.05, 0) is 19.9 Å². The molecule has 0 aliphatic rings. The van der Waals surface area contributed by atoms with Gasteiger partial charge in [0.15, 0.2) is 0 Å². The third-order valence-electron chi connectivity index (χ3n) is 2.68.